The smallest absolute Gasteiger partial charge is 0.247 e. The van der Waals surface area contributed by atoms with Gasteiger partial charge in [-0.1, -0.05) is 5.16 Å². The van der Waals surface area contributed by atoms with Gasteiger partial charge >= 0.3 is 0 Å². The molecule has 19 heavy (non-hydrogen) atoms. The van der Waals surface area contributed by atoms with Gasteiger partial charge in [-0.2, -0.15) is 4.98 Å². The molecule has 0 amide bonds. The van der Waals surface area contributed by atoms with Crippen LogP contribution in [0.1, 0.15) is 18.7 Å². The van der Waals surface area contributed by atoms with E-state index in [0.29, 0.717) is 37.8 Å². The average molecular weight is 325 g/mol. The van der Waals surface area contributed by atoms with Gasteiger partial charge in [0.25, 0.3) is 0 Å². The molecule has 1 aliphatic heterocycles. The minimum atomic E-state index is -0.580. The van der Waals surface area contributed by atoms with E-state index in [0.717, 1.165) is 10.0 Å². The Balaban J connectivity index is 1.91. The van der Waals surface area contributed by atoms with Crippen LogP contribution >= 0.6 is 15.9 Å². The topological polar surface area (TPSA) is 87.1 Å². The highest BCUT2D eigenvalue weighted by Gasteiger charge is 2.35. The highest BCUT2D eigenvalue weighted by atomic mass is 79.9. The van der Waals surface area contributed by atoms with Crippen molar-refractivity contribution in [2.45, 2.75) is 18.4 Å². The predicted octanol–water partition coefficient (Wildman–Crippen LogP) is 1.86. The maximum absolute atomic E-state index is 6.30. The number of aromatic nitrogens is 3. The summed E-state index contributed by atoms with van der Waals surface area (Å²) in [7, 11) is 0. The van der Waals surface area contributed by atoms with Crippen LogP contribution in [0.25, 0.3) is 11.4 Å². The number of hydrogen-bond donors (Lipinski definition) is 1. The fourth-order valence-corrected chi connectivity index (χ4v) is 2.39. The molecule has 0 atom stereocenters. The van der Waals surface area contributed by atoms with Crippen molar-refractivity contribution in [3.63, 3.8) is 0 Å². The summed E-state index contributed by atoms with van der Waals surface area (Å²) in [5.41, 5.74) is 6.51. The SMILES string of the molecule is NC1(c2nc(-c3cncc(Br)c3)no2)CCOCC1. The maximum atomic E-state index is 6.30. The van der Waals surface area contributed by atoms with E-state index in [1.54, 1.807) is 12.4 Å². The molecule has 1 aliphatic rings. The number of hydrogen-bond acceptors (Lipinski definition) is 6. The molecule has 100 valence electrons. The Morgan fingerprint density at radius 2 is 2.05 bits per heavy atom. The summed E-state index contributed by atoms with van der Waals surface area (Å²) in [5.74, 6) is 0.964. The van der Waals surface area contributed by atoms with Gasteiger partial charge in [0.15, 0.2) is 0 Å². The first kappa shape index (κ1) is 12.7. The van der Waals surface area contributed by atoms with Crippen LogP contribution in [-0.4, -0.2) is 28.3 Å². The second-order valence-corrected chi connectivity index (χ2v) is 5.50. The van der Waals surface area contributed by atoms with Gasteiger partial charge < -0.3 is 15.0 Å². The number of pyridine rings is 1. The van der Waals surface area contributed by atoms with E-state index in [-0.39, 0.29) is 0 Å². The normalized spacial score (nSPS) is 18.4. The molecule has 0 aromatic carbocycles. The van der Waals surface area contributed by atoms with E-state index in [4.69, 9.17) is 15.0 Å². The van der Waals surface area contributed by atoms with E-state index in [9.17, 15) is 0 Å². The Bertz CT molecular complexity index is 581. The van der Waals surface area contributed by atoms with Gasteiger partial charge in [0, 0.05) is 35.6 Å². The molecule has 2 aromatic heterocycles. The molecule has 0 radical (unpaired) electrons. The number of halogens is 1. The van der Waals surface area contributed by atoms with Crippen LogP contribution in [0.15, 0.2) is 27.5 Å². The van der Waals surface area contributed by atoms with Gasteiger partial charge in [0.1, 0.15) is 5.54 Å². The van der Waals surface area contributed by atoms with Crippen LogP contribution in [0.4, 0.5) is 0 Å². The van der Waals surface area contributed by atoms with Crippen molar-refractivity contribution in [2.75, 3.05) is 13.2 Å². The molecule has 2 N–H and O–H groups in total. The van der Waals surface area contributed by atoms with Crippen LogP contribution in [0.3, 0.4) is 0 Å². The first-order valence-electron chi connectivity index (χ1n) is 5.99. The minimum Gasteiger partial charge on any atom is -0.381 e. The monoisotopic (exact) mass is 324 g/mol. The van der Waals surface area contributed by atoms with E-state index in [2.05, 4.69) is 31.1 Å². The van der Waals surface area contributed by atoms with Crippen molar-refractivity contribution in [1.82, 2.24) is 15.1 Å². The molecule has 3 rings (SSSR count). The van der Waals surface area contributed by atoms with Crippen LogP contribution in [0.2, 0.25) is 0 Å². The number of ether oxygens (including phenoxy) is 1. The molecule has 0 saturated carbocycles. The number of nitrogens with two attached hydrogens (primary N) is 1. The van der Waals surface area contributed by atoms with Crippen molar-refractivity contribution in [3.05, 3.63) is 28.8 Å². The molecular weight excluding hydrogens is 312 g/mol. The second kappa shape index (κ2) is 4.99. The van der Waals surface area contributed by atoms with Gasteiger partial charge in [0.2, 0.25) is 11.7 Å². The van der Waals surface area contributed by atoms with E-state index in [1.807, 2.05) is 6.07 Å². The van der Waals surface area contributed by atoms with Crippen LogP contribution in [-0.2, 0) is 10.3 Å². The number of rotatable bonds is 2. The molecule has 0 aliphatic carbocycles. The Hall–Kier alpha value is -1.31. The summed E-state index contributed by atoms with van der Waals surface area (Å²) in [4.78, 5) is 8.48. The van der Waals surface area contributed by atoms with Gasteiger partial charge in [-0.15, -0.1) is 0 Å². The zero-order chi connectivity index (χ0) is 13.3. The van der Waals surface area contributed by atoms with Crippen molar-refractivity contribution in [1.29, 1.82) is 0 Å². The molecule has 0 bridgehead atoms. The molecule has 1 saturated heterocycles. The summed E-state index contributed by atoms with van der Waals surface area (Å²) >= 11 is 3.36. The average Bonchev–Trinajstić information content (AvgIpc) is 2.90. The molecule has 7 heteroatoms. The standard InChI is InChI=1S/C12H13BrN4O2/c13-9-5-8(6-15-7-9)10-16-11(19-17-10)12(14)1-3-18-4-2-12/h5-7H,1-4,14H2. The zero-order valence-electron chi connectivity index (χ0n) is 10.2. The van der Waals surface area contributed by atoms with Crippen molar-refractivity contribution in [2.24, 2.45) is 5.73 Å². The van der Waals surface area contributed by atoms with Crippen LogP contribution < -0.4 is 5.73 Å². The quantitative estimate of drug-likeness (QED) is 0.907. The van der Waals surface area contributed by atoms with E-state index < -0.39 is 5.54 Å². The lowest BCUT2D eigenvalue weighted by Crippen LogP contribution is -2.42. The van der Waals surface area contributed by atoms with Crippen LogP contribution in [0, 0.1) is 0 Å². The first-order chi connectivity index (χ1) is 9.17. The predicted molar refractivity (Wildman–Crippen MR) is 71.1 cm³/mol. The second-order valence-electron chi connectivity index (χ2n) is 4.58. The lowest BCUT2D eigenvalue weighted by molar-refractivity contribution is 0.0400. The summed E-state index contributed by atoms with van der Waals surface area (Å²) in [6.07, 6.45) is 4.76. The molecule has 3 heterocycles. The van der Waals surface area contributed by atoms with Crippen molar-refractivity contribution in [3.8, 4) is 11.4 Å². The van der Waals surface area contributed by atoms with Gasteiger partial charge in [0.05, 0.1) is 0 Å². The Labute approximate surface area is 118 Å². The molecule has 1 fully saturated rings. The fourth-order valence-electron chi connectivity index (χ4n) is 2.03. The summed E-state index contributed by atoms with van der Waals surface area (Å²) in [6, 6.07) is 1.88. The Morgan fingerprint density at radius 3 is 2.79 bits per heavy atom. The molecule has 6 nitrogen and oxygen atoms in total. The molecule has 0 spiro atoms. The van der Waals surface area contributed by atoms with Crippen molar-refractivity contribution < 1.29 is 9.26 Å². The van der Waals surface area contributed by atoms with E-state index in [1.165, 1.54) is 0 Å². The zero-order valence-corrected chi connectivity index (χ0v) is 11.8. The van der Waals surface area contributed by atoms with Gasteiger partial charge in [-0.25, -0.2) is 0 Å². The summed E-state index contributed by atoms with van der Waals surface area (Å²) in [6.45, 7) is 1.24. The van der Waals surface area contributed by atoms with E-state index >= 15 is 0 Å². The summed E-state index contributed by atoms with van der Waals surface area (Å²) < 4.78 is 11.5. The van der Waals surface area contributed by atoms with Crippen molar-refractivity contribution >= 4 is 15.9 Å². The minimum absolute atomic E-state index is 0.464. The first-order valence-corrected chi connectivity index (χ1v) is 6.78. The van der Waals surface area contributed by atoms with Crippen LogP contribution in [0.5, 0.6) is 0 Å². The molecule has 0 unspecified atom stereocenters. The van der Waals surface area contributed by atoms with Gasteiger partial charge in [-0.3, -0.25) is 4.98 Å². The highest BCUT2D eigenvalue weighted by molar-refractivity contribution is 9.10. The number of nitrogens with zero attached hydrogens (tertiary/aromatic N) is 3. The molecule has 2 aromatic rings. The maximum Gasteiger partial charge on any atom is 0.247 e. The molecular formula is C12H13BrN4O2. The third-order valence-electron chi connectivity index (χ3n) is 3.20. The highest BCUT2D eigenvalue weighted by Crippen LogP contribution is 2.29. The largest absolute Gasteiger partial charge is 0.381 e. The lowest BCUT2D eigenvalue weighted by Gasteiger charge is -2.29. The van der Waals surface area contributed by atoms with Gasteiger partial charge in [-0.05, 0) is 34.8 Å². The fraction of sp³-hybridized carbons (Fsp3) is 0.417. The Kier molecular flexibility index (Phi) is 3.34. The summed E-state index contributed by atoms with van der Waals surface area (Å²) in [5, 5.41) is 3.98. The lowest BCUT2D eigenvalue weighted by atomic mass is 9.91. The Morgan fingerprint density at radius 1 is 1.26 bits per heavy atom. The third-order valence-corrected chi connectivity index (χ3v) is 3.63. The third kappa shape index (κ3) is 2.54.